The molecule has 1 atom stereocenters. The van der Waals surface area contributed by atoms with E-state index in [1.807, 2.05) is 6.92 Å². The summed E-state index contributed by atoms with van der Waals surface area (Å²) in [6, 6.07) is 0. The van der Waals surface area contributed by atoms with Crippen LogP contribution in [0.3, 0.4) is 0 Å². The first kappa shape index (κ1) is 17.8. The first-order valence-corrected chi connectivity index (χ1v) is 6.30. The monoisotopic (exact) mass is 264 g/mol. The summed E-state index contributed by atoms with van der Waals surface area (Å²) >= 11 is 0. The van der Waals surface area contributed by atoms with E-state index >= 15 is 0 Å². The Balaban J connectivity index is 3.26. The van der Waals surface area contributed by atoms with Crippen LogP contribution in [0.2, 0.25) is 0 Å². The van der Waals surface area contributed by atoms with Crippen LogP contribution in [0.15, 0.2) is 0 Å². The lowest BCUT2D eigenvalue weighted by molar-refractivity contribution is -0.123. The van der Waals surface area contributed by atoms with Crippen LogP contribution in [0.4, 0.5) is 0 Å². The summed E-state index contributed by atoms with van der Waals surface area (Å²) in [6.45, 7) is 9.68. The van der Waals surface area contributed by atoms with Crippen molar-refractivity contribution in [1.82, 2.24) is 0 Å². The fourth-order valence-corrected chi connectivity index (χ4v) is 1.34. The van der Waals surface area contributed by atoms with E-state index in [1.165, 1.54) is 0 Å². The van der Waals surface area contributed by atoms with Gasteiger partial charge in [-0.05, 0) is 6.92 Å². The molecule has 0 bridgehead atoms. The fraction of sp³-hybridized carbons (Fsp3) is 1.00. The van der Waals surface area contributed by atoms with E-state index in [1.54, 1.807) is 14.2 Å². The fourth-order valence-electron chi connectivity index (χ4n) is 1.34. The van der Waals surface area contributed by atoms with Crippen molar-refractivity contribution in [3.8, 4) is 0 Å². The molecule has 0 heterocycles. The number of hydrogen-bond acceptors (Lipinski definition) is 5. The molecule has 0 saturated heterocycles. The van der Waals surface area contributed by atoms with Crippen molar-refractivity contribution in [2.24, 2.45) is 5.41 Å². The Morgan fingerprint density at radius 1 is 0.889 bits per heavy atom. The molecule has 0 rings (SSSR count). The van der Waals surface area contributed by atoms with Gasteiger partial charge in [-0.1, -0.05) is 13.8 Å². The third-order valence-corrected chi connectivity index (χ3v) is 2.31. The van der Waals surface area contributed by atoms with E-state index < -0.39 is 0 Å². The maximum Gasteiger partial charge on any atom is 0.154 e. The zero-order valence-electron chi connectivity index (χ0n) is 12.4. The topological polar surface area (TPSA) is 46.2 Å². The first-order valence-electron chi connectivity index (χ1n) is 6.30. The molecule has 0 saturated carbocycles. The second-order valence-corrected chi connectivity index (χ2v) is 4.94. The summed E-state index contributed by atoms with van der Waals surface area (Å²) in [7, 11) is 3.31. The summed E-state index contributed by atoms with van der Waals surface area (Å²) in [4.78, 5) is 0. The molecular weight excluding hydrogens is 236 g/mol. The van der Waals surface area contributed by atoms with E-state index in [0.717, 1.165) is 0 Å². The van der Waals surface area contributed by atoms with Gasteiger partial charge in [-0.15, -0.1) is 0 Å². The molecule has 0 aliphatic carbocycles. The van der Waals surface area contributed by atoms with Crippen molar-refractivity contribution in [2.45, 2.75) is 27.1 Å². The van der Waals surface area contributed by atoms with Gasteiger partial charge in [-0.25, -0.2) is 0 Å². The lowest BCUT2D eigenvalue weighted by atomic mass is 9.96. The molecule has 5 heteroatoms. The number of ether oxygens (including phenoxy) is 5. The van der Waals surface area contributed by atoms with Gasteiger partial charge in [-0.3, -0.25) is 0 Å². The summed E-state index contributed by atoms with van der Waals surface area (Å²) in [5, 5.41) is 0. The smallest absolute Gasteiger partial charge is 0.154 e. The van der Waals surface area contributed by atoms with Crippen LogP contribution in [0.5, 0.6) is 0 Å². The lowest BCUT2D eigenvalue weighted by Crippen LogP contribution is -2.26. The van der Waals surface area contributed by atoms with Crippen molar-refractivity contribution in [3.63, 3.8) is 0 Å². The third kappa shape index (κ3) is 10.9. The molecule has 0 radical (unpaired) electrons. The number of methoxy groups -OCH3 is 2. The highest BCUT2D eigenvalue weighted by molar-refractivity contribution is 4.66. The molecule has 0 fully saturated rings. The Hall–Kier alpha value is -0.200. The molecule has 0 aromatic heterocycles. The van der Waals surface area contributed by atoms with Gasteiger partial charge >= 0.3 is 0 Å². The molecule has 0 aliphatic rings. The minimum Gasteiger partial charge on any atom is -0.384 e. The second-order valence-electron chi connectivity index (χ2n) is 4.94. The van der Waals surface area contributed by atoms with E-state index in [0.29, 0.717) is 39.6 Å². The van der Waals surface area contributed by atoms with Crippen LogP contribution in [-0.2, 0) is 23.7 Å². The van der Waals surface area contributed by atoms with E-state index in [-0.39, 0.29) is 11.7 Å². The molecule has 0 aliphatic heterocycles. The highest BCUT2D eigenvalue weighted by atomic mass is 16.7. The predicted octanol–water partition coefficient (Wildman–Crippen LogP) is 1.70. The Labute approximate surface area is 111 Å². The van der Waals surface area contributed by atoms with Gasteiger partial charge in [0.15, 0.2) is 6.29 Å². The molecule has 0 N–H and O–H groups in total. The van der Waals surface area contributed by atoms with E-state index in [9.17, 15) is 0 Å². The standard InChI is InChI=1S/C13H28O5/c1-12(15-5)18-9-8-16-6-7-17-11-13(2,3)10-14-4/h12H,6-11H2,1-5H3. The van der Waals surface area contributed by atoms with Crippen LogP contribution in [0.1, 0.15) is 20.8 Å². The summed E-state index contributed by atoms with van der Waals surface area (Å²) in [5.74, 6) is 0. The predicted molar refractivity (Wildman–Crippen MR) is 69.7 cm³/mol. The van der Waals surface area contributed by atoms with Crippen LogP contribution in [0.25, 0.3) is 0 Å². The quantitative estimate of drug-likeness (QED) is 0.396. The molecule has 5 nitrogen and oxygen atoms in total. The van der Waals surface area contributed by atoms with Gasteiger partial charge < -0.3 is 23.7 Å². The Morgan fingerprint density at radius 2 is 1.50 bits per heavy atom. The van der Waals surface area contributed by atoms with Gasteiger partial charge in [0, 0.05) is 19.6 Å². The molecule has 0 aromatic carbocycles. The molecular formula is C13H28O5. The Bertz CT molecular complexity index is 184. The van der Waals surface area contributed by atoms with Gasteiger partial charge in [-0.2, -0.15) is 0 Å². The summed E-state index contributed by atoms with van der Waals surface area (Å²) in [5.41, 5.74) is 0.0474. The molecule has 0 amide bonds. The number of hydrogen-bond donors (Lipinski definition) is 0. The van der Waals surface area contributed by atoms with Crippen molar-refractivity contribution >= 4 is 0 Å². The van der Waals surface area contributed by atoms with Gasteiger partial charge in [0.05, 0.1) is 39.6 Å². The van der Waals surface area contributed by atoms with Crippen LogP contribution in [0, 0.1) is 5.41 Å². The summed E-state index contributed by atoms with van der Waals surface area (Å²) < 4.78 is 26.2. The van der Waals surface area contributed by atoms with Gasteiger partial charge in [0.1, 0.15) is 0 Å². The number of rotatable bonds is 12. The van der Waals surface area contributed by atoms with Crippen molar-refractivity contribution in [3.05, 3.63) is 0 Å². The highest BCUT2D eigenvalue weighted by Gasteiger charge is 2.17. The average molecular weight is 264 g/mol. The Kier molecular flexibility index (Phi) is 10.6. The van der Waals surface area contributed by atoms with Crippen LogP contribution >= 0.6 is 0 Å². The Morgan fingerprint density at radius 3 is 2.11 bits per heavy atom. The molecule has 1 unspecified atom stereocenters. The second kappa shape index (κ2) is 10.7. The normalized spacial score (nSPS) is 13.8. The largest absolute Gasteiger partial charge is 0.384 e. The minimum absolute atomic E-state index is 0.0474. The van der Waals surface area contributed by atoms with Gasteiger partial charge in [0.25, 0.3) is 0 Å². The minimum atomic E-state index is -0.181. The van der Waals surface area contributed by atoms with Crippen molar-refractivity contribution in [1.29, 1.82) is 0 Å². The van der Waals surface area contributed by atoms with Crippen LogP contribution in [-0.4, -0.2) is 60.2 Å². The van der Waals surface area contributed by atoms with Crippen LogP contribution < -0.4 is 0 Å². The highest BCUT2D eigenvalue weighted by Crippen LogP contribution is 2.14. The third-order valence-electron chi connectivity index (χ3n) is 2.31. The van der Waals surface area contributed by atoms with E-state index in [4.69, 9.17) is 23.7 Å². The maximum absolute atomic E-state index is 5.53. The summed E-state index contributed by atoms with van der Waals surface area (Å²) in [6.07, 6.45) is -0.181. The average Bonchev–Trinajstić information content (AvgIpc) is 2.32. The molecule has 0 aromatic rings. The van der Waals surface area contributed by atoms with Crippen molar-refractivity contribution < 1.29 is 23.7 Å². The van der Waals surface area contributed by atoms with E-state index in [2.05, 4.69) is 13.8 Å². The first-order chi connectivity index (χ1) is 8.52. The van der Waals surface area contributed by atoms with Gasteiger partial charge in [0.2, 0.25) is 0 Å². The maximum atomic E-state index is 5.53. The molecule has 110 valence electrons. The molecule has 0 spiro atoms. The van der Waals surface area contributed by atoms with Crippen molar-refractivity contribution in [2.75, 3.05) is 53.9 Å². The zero-order valence-corrected chi connectivity index (χ0v) is 12.4. The molecule has 18 heavy (non-hydrogen) atoms. The SMILES string of the molecule is COCC(C)(C)COCCOCCOC(C)OC. The zero-order chi connectivity index (χ0) is 13.9. The lowest BCUT2D eigenvalue weighted by Gasteiger charge is -2.23.